The highest BCUT2D eigenvalue weighted by atomic mass is 35.5. The van der Waals surface area contributed by atoms with Gasteiger partial charge in [-0.3, -0.25) is 0 Å². The van der Waals surface area contributed by atoms with Gasteiger partial charge in [0.2, 0.25) is 5.82 Å². The van der Waals surface area contributed by atoms with Crippen LogP contribution in [0.4, 0.5) is 5.82 Å². The number of ether oxygens (including phenoxy) is 2. The second kappa shape index (κ2) is 6.64. The summed E-state index contributed by atoms with van der Waals surface area (Å²) in [5.74, 6) is 0.0687. The van der Waals surface area contributed by atoms with Crippen LogP contribution in [0.3, 0.4) is 0 Å². The molecule has 0 radical (unpaired) electrons. The number of hydrogen-bond donors (Lipinski definition) is 0. The summed E-state index contributed by atoms with van der Waals surface area (Å²) >= 11 is 5.96. The predicted octanol–water partition coefficient (Wildman–Crippen LogP) is 2.08. The SMILES string of the molecule is CCOC(=O)c1nc(N2CCOC[C@@H]2C)c2ccc(Cl)nc2n1. The van der Waals surface area contributed by atoms with Crippen LogP contribution in [0.5, 0.6) is 0 Å². The number of morpholine rings is 1. The summed E-state index contributed by atoms with van der Waals surface area (Å²) in [5, 5.41) is 1.06. The zero-order valence-corrected chi connectivity index (χ0v) is 13.7. The van der Waals surface area contributed by atoms with E-state index in [2.05, 4.69) is 19.9 Å². The number of rotatable bonds is 3. The zero-order valence-electron chi connectivity index (χ0n) is 13.0. The molecule has 1 saturated heterocycles. The first-order chi connectivity index (χ1) is 11.1. The van der Waals surface area contributed by atoms with Crippen LogP contribution in [0.1, 0.15) is 24.5 Å². The van der Waals surface area contributed by atoms with E-state index in [4.69, 9.17) is 21.1 Å². The lowest BCUT2D eigenvalue weighted by molar-refractivity contribution is 0.0512. The predicted molar refractivity (Wildman–Crippen MR) is 85.9 cm³/mol. The number of carbonyl (C=O) groups is 1. The minimum Gasteiger partial charge on any atom is -0.460 e. The van der Waals surface area contributed by atoms with E-state index < -0.39 is 5.97 Å². The molecular weight excluding hydrogens is 320 g/mol. The first-order valence-corrected chi connectivity index (χ1v) is 7.83. The molecule has 23 heavy (non-hydrogen) atoms. The number of pyridine rings is 1. The molecule has 0 bridgehead atoms. The standard InChI is InChI=1S/C15H17ClN4O3/c1-3-23-15(21)13-18-12-10(4-5-11(16)17-12)14(19-13)20-6-7-22-8-9(20)2/h4-5,9H,3,6-8H2,1-2H3/t9-/m0/s1. The number of anilines is 1. The molecule has 1 atom stereocenters. The molecule has 1 fully saturated rings. The third kappa shape index (κ3) is 3.20. The summed E-state index contributed by atoms with van der Waals surface area (Å²) in [6.45, 7) is 5.91. The molecule has 2 aromatic rings. The van der Waals surface area contributed by atoms with E-state index >= 15 is 0 Å². The Morgan fingerprint density at radius 3 is 3.00 bits per heavy atom. The lowest BCUT2D eigenvalue weighted by Gasteiger charge is -2.34. The minimum atomic E-state index is -0.571. The van der Waals surface area contributed by atoms with Crippen LogP contribution in [0, 0.1) is 0 Å². The Labute approximate surface area is 138 Å². The second-order valence-corrected chi connectivity index (χ2v) is 5.60. The summed E-state index contributed by atoms with van der Waals surface area (Å²) < 4.78 is 10.5. The highest BCUT2D eigenvalue weighted by molar-refractivity contribution is 6.29. The van der Waals surface area contributed by atoms with Gasteiger partial charge < -0.3 is 14.4 Å². The summed E-state index contributed by atoms with van der Waals surface area (Å²) in [6.07, 6.45) is 0. The Kier molecular flexibility index (Phi) is 4.58. The van der Waals surface area contributed by atoms with Crippen LogP contribution in [0.25, 0.3) is 11.0 Å². The van der Waals surface area contributed by atoms with Crippen molar-refractivity contribution in [2.45, 2.75) is 19.9 Å². The lowest BCUT2D eigenvalue weighted by atomic mass is 10.2. The number of hydrogen-bond acceptors (Lipinski definition) is 7. The molecule has 2 aromatic heterocycles. The van der Waals surface area contributed by atoms with Gasteiger partial charge in [0.1, 0.15) is 11.0 Å². The average molecular weight is 337 g/mol. The Morgan fingerprint density at radius 2 is 2.26 bits per heavy atom. The van der Waals surface area contributed by atoms with E-state index in [1.807, 2.05) is 13.0 Å². The average Bonchev–Trinajstić information content (AvgIpc) is 2.54. The van der Waals surface area contributed by atoms with Crippen LogP contribution in [0.2, 0.25) is 5.15 Å². The summed E-state index contributed by atoms with van der Waals surface area (Å²) in [4.78, 5) is 27.0. The minimum absolute atomic E-state index is 0.0113. The van der Waals surface area contributed by atoms with Crippen molar-refractivity contribution in [3.8, 4) is 0 Å². The van der Waals surface area contributed by atoms with E-state index in [-0.39, 0.29) is 18.5 Å². The first kappa shape index (κ1) is 15.9. The van der Waals surface area contributed by atoms with Crippen LogP contribution in [-0.4, -0.2) is 53.3 Å². The van der Waals surface area contributed by atoms with Gasteiger partial charge in [-0.25, -0.2) is 19.7 Å². The van der Waals surface area contributed by atoms with Crippen molar-refractivity contribution >= 4 is 34.4 Å². The number of esters is 1. The fourth-order valence-corrected chi connectivity index (χ4v) is 2.66. The Morgan fingerprint density at radius 1 is 1.43 bits per heavy atom. The molecule has 0 unspecified atom stereocenters. The van der Waals surface area contributed by atoms with Gasteiger partial charge in [0, 0.05) is 6.54 Å². The van der Waals surface area contributed by atoms with Crippen LogP contribution < -0.4 is 4.90 Å². The summed E-state index contributed by atoms with van der Waals surface area (Å²) in [6, 6.07) is 3.64. The van der Waals surface area contributed by atoms with Crippen molar-refractivity contribution in [2.75, 3.05) is 31.3 Å². The van der Waals surface area contributed by atoms with Gasteiger partial charge >= 0.3 is 5.97 Å². The molecule has 0 spiro atoms. The van der Waals surface area contributed by atoms with Gasteiger partial charge in [-0.15, -0.1) is 0 Å². The number of halogens is 1. The Balaban J connectivity index is 2.15. The van der Waals surface area contributed by atoms with Gasteiger partial charge in [0.15, 0.2) is 5.65 Å². The maximum atomic E-state index is 12.0. The molecule has 3 heterocycles. The normalized spacial score (nSPS) is 18.2. The molecule has 0 aromatic carbocycles. The van der Waals surface area contributed by atoms with Crippen molar-refractivity contribution in [2.24, 2.45) is 0 Å². The number of carbonyl (C=O) groups excluding carboxylic acids is 1. The number of fused-ring (bicyclic) bond motifs is 1. The van der Waals surface area contributed by atoms with Crippen molar-refractivity contribution in [1.29, 1.82) is 0 Å². The molecule has 3 rings (SSSR count). The van der Waals surface area contributed by atoms with E-state index in [0.717, 1.165) is 5.39 Å². The summed E-state index contributed by atoms with van der Waals surface area (Å²) in [5.41, 5.74) is 0.379. The topological polar surface area (TPSA) is 77.4 Å². The number of aromatic nitrogens is 3. The third-order valence-electron chi connectivity index (χ3n) is 3.60. The molecule has 122 valence electrons. The second-order valence-electron chi connectivity index (χ2n) is 5.21. The highest BCUT2D eigenvalue weighted by Gasteiger charge is 2.25. The molecule has 8 heteroatoms. The van der Waals surface area contributed by atoms with Crippen LogP contribution in [0.15, 0.2) is 12.1 Å². The van der Waals surface area contributed by atoms with Crippen LogP contribution >= 0.6 is 11.6 Å². The zero-order chi connectivity index (χ0) is 16.4. The maximum absolute atomic E-state index is 12.0. The molecule has 0 N–H and O–H groups in total. The fourth-order valence-electron chi connectivity index (χ4n) is 2.52. The van der Waals surface area contributed by atoms with E-state index in [1.165, 1.54) is 0 Å². The molecule has 7 nitrogen and oxygen atoms in total. The van der Waals surface area contributed by atoms with Crippen molar-refractivity contribution in [1.82, 2.24) is 15.0 Å². The van der Waals surface area contributed by atoms with E-state index in [1.54, 1.807) is 13.0 Å². The molecule has 1 aliphatic heterocycles. The van der Waals surface area contributed by atoms with Crippen molar-refractivity contribution in [3.63, 3.8) is 0 Å². The summed E-state index contributed by atoms with van der Waals surface area (Å²) in [7, 11) is 0. The van der Waals surface area contributed by atoms with Gasteiger partial charge in [-0.1, -0.05) is 11.6 Å². The number of nitrogens with zero attached hydrogens (tertiary/aromatic N) is 4. The van der Waals surface area contributed by atoms with Gasteiger partial charge in [0.05, 0.1) is 31.2 Å². The van der Waals surface area contributed by atoms with Gasteiger partial charge in [-0.05, 0) is 26.0 Å². The third-order valence-corrected chi connectivity index (χ3v) is 3.81. The first-order valence-electron chi connectivity index (χ1n) is 7.46. The van der Waals surface area contributed by atoms with E-state index in [9.17, 15) is 4.79 Å². The quantitative estimate of drug-likeness (QED) is 0.627. The molecular formula is C15H17ClN4O3. The Hall–Kier alpha value is -1.99. The largest absolute Gasteiger partial charge is 0.460 e. The maximum Gasteiger partial charge on any atom is 0.376 e. The molecule has 0 aliphatic carbocycles. The van der Waals surface area contributed by atoms with Crippen LogP contribution in [-0.2, 0) is 9.47 Å². The smallest absolute Gasteiger partial charge is 0.376 e. The van der Waals surface area contributed by atoms with Gasteiger partial charge in [-0.2, -0.15) is 0 Å². The van der Waals surface area contributed by atoms with E-state index in [0.29, 0.717) is 36.4 Å². The molecule has 1 aliphatic rings. The molecule has 0 saturated carbocycles. The Bertz CT molecular complexity index is 740. The monoisotopic (exact) mass is 336 g/mol. The van der Waals surface area contributed by atoms with Gasteiger partial charge in [0.25, 0.3) is 0 Å². The highest BCUT2D eigenvalue weighted by Crippen LogP contribution is 2.27. The lowest BCUT2D eigenvalue weighted by Crippen LogP contribution is -2.44. The fraction of sp³-hybridized carbons (Fsp3) is 0.467. The van der Waals surface area contributed by atoms with Crippen molar-refractivity contribution in [3.05, 3.63) is 23.1 Å². The van der Waals surface area contributed by atoms with Crippen molar-refractivity contribution < 1.29 is 14.3 Å². The molecule has 0 amide bonds.